The van der Waals surface area contributed by atoms with E-state index in [9.17, 15) is 12.8 Å². The van der Waals surface area contributed by atoms with Crippen molar-refractivity contribution in [3.8, 4) is 0 Å². The van der Waals surface area contributed by atoms with E-state index < -0.39 is 15.8 Å². The highest BCUT2D eigenvalue weighted by Crippen LogP contribution is 2.23. The first-order valence-electron chi connectivity index (χ1n) is 7.90. The minimum absolute atomic E-state index is 0.108. The lowest BCUT2D eigenvalue weighted by Crippen LogP contribution is -2.49. The van der Waals surface area contributed by atoms with Gasteiger partial charge in [0, 0.05) is 13.1 Å². The van der Waals surface area contributed by atoms with E-state index in [4.69, 9.17) is 4.74 Å². The Morgan fingerprint density at radius 1 is 1.08 bits per heavy atom. The summed E-state index contributed by atoms with van der Waals surface area (Å²) in [6, 6.07) is 14.8. The van der Waals surface area contributed by atoms with Crippen LogP contribution >= 0.6 is 0 Å². The molecule has 3 rings (SSSR count). The van der Waals surface area contributed by atoms with Gasteiger partial charge in [0.2, 0.25) is 10.0 Å². The maximum atomic E-state index is 13.1. The average molecular weight is 349 g/mol. The normalized spacial score (nSPS) is 22.4. The van der Waals surface area contributed by atoms with Crippen LogP contribution in [0.3, 0.4) is 0 Å². The number of ether oxygens (including phenoxy) is 1. The molecule has 0 N–H and O–H groups in total. The van der Waals surface area contributed by atoms with Gasteiger partial charge in [-0.2, -0.15) is 4.31 Å². The Hall–Kier alpha value is -1.76. The summed E-state index contributed by atoms with van der Waals surface area (Å²) in [5.41, 5.74) is 1.11. The van der Waals surface area contributed by atoms with Crippen molar-refractivity contribution < 1.29 is 17.5 Å². The molecule has 6 heteroatoms. The highest BCUT2D eigenvalue weighted by Gasteiger charge is 2.33. The largest absolute Gasteiger partial charge is 0.372 e. The molecule has 2 unspecified atom stereocenters. The third-order valence-corrected chi connectivity index (χ3v) is 5.90. The lowest BCUT2D eigenvalue weighted by molar-refractivity contribution is -0.0529. The predicted octanol–water partition coefficient (Wildman–Crippen LogP) is 2.85. The maximum absolute atomic E-state index is 13.1. The predicted molar refractivity (Wildman–Crippen MR) is 89.6 cm³/mol. The topological polar surface area (TPSA) is 46.6 Å². The SMILES string of the molecule is CC1CN(S(=O)(=O)c2ccc(F)cc2)CC(Cc2ccccc2)O1. The third-order valence-electron chi connectivity index (χ3n) is 4.05. The number of hydrogen-bond donors (Lipinski definition) is 0. The van der Waals surface area contributed by atoms with Crippen molar-refractivity contribution >= 4 is 10.0 Å². The quantitative estimate of drug-likeness (QED) is 0.853. The van der Waals surface area contributed by atoms with E-state index in [2.05, 4.69) is 0 Å². The number of benzene rings is 2. The van der Waals surface area contributed by atoms with E-state index in [1.807, 2.05) is 37.3 Å². The first kappa shape index (κ1) is 17.1. The van der Waals surface area contributed by atoms with Crippen molar-refractivity contribution in [2.45, 2.75) is 30.4 Å². The fourth-order valence-corrected chi connectivity index (χ4v) is 4.49. The molecule has 0 amide bonds. The van der Waals surface area contributed by atoms with Crippen LogP contribution in [-0.2, 0) is 21.2 Å². The van der Waals surface area contributed by atoms with E-state index in [1.165, 1.54) is 16.4 Å². The molecule has 1 saturated heterocycles. The van der Waals surface area contributed by atoms with Crippen molar-refractivity contribution in [1.82, 2.24) is 4.31 Å². The van der Waals surface area contributed by atoms with E-state index in [-0.39, 0.29) is 17.1 Å². The van der Waals surface area contributed by atoms with Crippen LogP contribution in [0.25, 0.3) is 0 Å². The maximum Gasteiger partial charge on any atom is 0.243 e. The number of hydrogen-bond acceptors (Lipinski definition) is 3. The second-order valence-electron chi connectivity index (χ2n) is 6.03. The molecule has 1 aliphatic heterocycles. The fourth-order valence-electron chi connectivity index (χ4n) is 2.94. The molecule has 0 saturated carbocycles. The van der Waals surface area contributed by atoms with Gasteiger partial charge in [0.15, 0.2) is 0 Å². The summed E-state index contributed by atoms with van der Waals surface area (Å²) in [4.78, 5) is 0.108. The third kappa shape index (κ3) is 3.83. The van der Waals surface area contributed by atoms with Crippen molar-refractivity contribution in [3.63, 3.8) is 0 Å². The van der Waals surface area contributed by atoms with Crippen LogP contribution in [0.1, 0.15) is 12.5 Å². The molecule has 2 aromatic rings. The van der Waals surface area contributed by atoms with Gasteiger partial charge in [0.05, 0.1) is 17.1 Å². The minimum atomic E-state index is -3.65. The van der Waals surface area contributed by atoms with Gasteiger partial charge >= 0.3 is 0 Å². The Labute approximate surface area is 141 Å². The monoisotopic (exact) mass is 349 g/mol. The van der Waals surface area contributed by atoms with Gasteiger partial charge in [-0.05, 0) is 43.2 Å². The van der Waals surface area contributed by atoms with Gasteiger partial charge in [-0.15, -0.1) is 0 Å². The highest BCUT2D eigenvalue weighted by atomic mass is 32.2. The van der Waals surface area contributed by atoms with Crippen LogP contribution in [0.4, 0.5) is 4.39 Å². The van der Waals surface area contributed by atoms with Crippen molar-refractivity contribution in [2.24, 2.45) is 0 Å². The number of sulfonamides is 1. The molecule has 2 aromatic carbocycles. The molecule has 0 spiro atoms. The number of halogens is 1. The van der Waals surface area contributed by atoms with Crippen molar-refractivity contribution in [1.29, 1.82) is 0 Å². The van der Waals surface area contributed by atoms with E-state index in [0.29, 0.717) is 19.5 Å². The first-order chi connectivity index (χ1) is 11.4. The summed E-state index contributed by atoms with van der Waals surface area (Å²) in [5.74, 6) is -0.453. The van der Waals surface area contributed by atoms with Gasteiger partial charge in [0.25, 0.3) is 0 Å². The van der Waals surface area contributed by atoms with Gasteiger partial charge in [-0.1, -0.05) is 30.3 Å². The Morgan fingerprint density at radius 2 is 1.75 bits per heavy atom. The number of rotatable bonds is 4. The lowest BCUT2D eigenvalue weighted by atomic mass is 10.1. The summed E-state index contributed by atoms with van der Waals surface area (Å²) < 4.78 is 46.0. The highest BCUT2D eigenvalue weighted by molar-refractivity contribution is 7.89. The summed E-state index contributed by atoms with van der Waals surface area (Å²) in [6.45, 7) is 2.45. The van der Waals surface area contributed by atoms with E-state index >= 15 is 0 Å². The molecule has 24 heavy (non-hydrogen) atoms. The molecule has 0 aromatic heterocycles. The number of nitrogens with zero attached hydrogens (tertiary/aromatic N) is 1. The van der Waals surface area contributed by atoms with E-state index in [1.54, 1.807) is 0 Å². The van der Waals surface area contributed by atoms with Gasteiger partial charge in [-0.3, -0.25) is 0 Å². The Morgan fingerprint density at radius 3 is 2.42 bits per heavy atom. The van der Waals surface area contributed by atoms with Crippen LogP contribution in [0.5, 0.6) is 0 Å². The Balaban J connectivity index is 1.78. The van der Waals surface area contributed by atoms with Gasteiger partial charge < -0.3 is 4.74 Å². The molecule has 0 aliphatic carbocycles. The van der Waals surface area contributed by atoms with Crippen LogP contribution in [0.15, 0.2) is 59.5 Å². The first-order valence-corrected chi connectivity index (χ1v) is 9.34. The zero-order valence-corrected chi connectivity index (χ0v) is 14.2. The smallest absolute Gasteiger partial charge is 0.243 e. The standard InChI is InChI=1S/C18H20FNO3S/c1-14-12-20(24(21,22)18-9-7-16(19)8-10-18)13-17(23-14)11-15-5-3-2-4-6-15/h2-10,14,17H,11-13H2,1H3. The molecule has 1 heterocycles. The fraction of sp³-hybridized carbons (Fsp3) is 0.333. The molecule has 1 fully saturated rings. The zero-order valence-electron chi connectivity index (χ0n) is 13.4. The van der Waals surface area contributed by atoms with Crippen molar-refractivity contribution in [3.05, 3.63) is 66.0 Å². The number of morpholine rings is 1. The molecule has 128 valence electrons. The van der Waals surface area contributed by atoms with E-state index in [0.717, 1.165) is 17.7 Å². The Bertz CT molecular complexity index is 778. The Kier molecular flexibility index (Phi) is 4.99. The molecular weight excluding hydrogens is 329 g/mol. The molecule has 1 aliphatic rings. The summed E-state index contributed by atoms with van der Waals surface area (Å²) >= 11 is 0. The van der Waals surface area contributed by atoms with Crippen LogP contribution in [0.2, 0.25) is 0 Å². The van der Waals surface area contributed by atoms with Crippen molar-refractivity contribution in [2.75, 3.05) is 13.1 Å². The van der Waals surface area contributed by atoms with Crippen LogP contribution in [0, 0.1) is 5.82 Å². The van der Waals surface area contributed by atoms with Crippen LogP contribution in [-0.4, -0.2) is 38.0 Å². The second-order valence-corrected chi connectivity index (χ2v) is 7.97. The summed E-state index contributed by atoms with van der Waals surface area (Å²) in [5, 5.41) is 0. The molecular formula is C18H20FNO3S. The zero-order chi connectivity index (χ0) is 17.2. The molecule has 0 bridgehead atoms. The van der Waals surface area contributed by atoms with Gasteiger partial charge in [-0.25, -0.2) is 12.8 Å². The summed E-state index contributed by atoms with van der Waals surface area (Å²) in [6.07, 6.45) is 0.259. The summed E-state index contributed by atoms with van der Waals surface area (Å²) in [7, 11) is -3.65. The minimum Gasteiger partial charge on any atom is -0.372 e. The molecule has 0 radical (unpaired) electrons. The molecule has 4 nitrogen and oxygen atoms in total. The second kappa shape index (κ2) is 7.01. The molecule has 2 atom stereocenters. The lowest BCUT2D eigenvalue weighted by Gasteiger charge is -2.36. The van der Waals surface area contributed by atoms with Crippen LogP contribution < -0.4 is 0 Å². The average Bonchev–Trinajstić information content (AvgIpc) is 2.55. The van der Waals surface area contributed by atoms with Gasteiger partial charge in [0.1, 0.15) is 5.82 Å².